The van der Waals surface area contributed by atoms with E-state index in [1.807, 2.05) is 0 Å². The van der Waals surface area contributed by atoms with Crippen molar-refractivity contribution in [2.24, 2.45) is 0 Å². The van der Waals surface area contributed by atoms with E-state index in [0.717, 1.165) is 0 Å². The Kier molecular flexibility index (Phi) is 9.48. The molecule has 0 spiro atoms. The van der Waals surface area contributed by atoms with Crippen molar-refractivity contribution in [2.75, 3.05) is 33.9 Å². The third-order valence-corrected chi connectivity index (χ3v) is 6.36. The summed E-state index contributed by atoms with van der Waals surface area (Å²) in [6, 6.07) is 16.5. The molecule has 0 radical (unpaired) electrons. The molecule has 0 aliphatic carbocycles. The lowest BCUT2D eigenvalue weighted by atomic mass is 10.0. The fraction of sp³-hybridized carbons (Fsp3) is 0.276. The molecule has 0 saturated heterocycles. The number of carbonyl (C=O) groups is 3. The first-order valence-electron chi connectivity index (χ1n) is 12.8. The number of carbonyl (C=O) groups excluding carboxylic acids is 3. The van der Waals surface area contributed by atoms with Crippen LogP contribution in [0.3, 0.4) is 0 Å². The first-order valence-corrected chi connectivity index (χ1v) is 12.8. The Labute approximate surface area is 236 Å². The van der Waals surface area contributed by atoms with Crippen LogP contribution in [0.15, 0.2) is 66.7 Å². The maximum absolute atomic E-state index is 13.7. The molecule has 1 aliphatic rings. The van der Waals surface area contributed by atoms with Gasteiger partial charge in [0.05, 0.1) is 18.6 Å². The number of methoxy groups -OCH3 is 2. The molecule has 4 bridgehead atoms. The van der Waals surface area contributed by atoms with Gasteiger partial charge >= 0.3 is 5.69 Å². The van der Waals surface area contributed by atoms with Crippen LogP contribution in [0.5, 0.6) is 17.2 Å². The van der Waals surface area contributed by atoms with Gasteiger partial charge in [-0.2, -0.15) is 0 Å². The lowest BCUT2D eigenvalue weighted by Crippen LogP contribution is -2.51. The van der Waals surface area contributed by atoms with Crippen LogP contribution in [0.2, 0.25) is 0 Å². The third-order valence-electron chi connectivity index (χ3n) is 6.36. The van der Waals surface area contributed by atoms with Gasteiger partial charge in [-0.05, 0) is 41.5 Å². The van der Waals surface area contributed by atoms with E-state index < -0.39 is 28.7 Å². The van der Waals surface area contributed by atoms with Crippen molar-refractivity contribution >= 4 is 23.4 Å². The molecule has 1 atom stereocenters. The van der Waals surface area contributed by atoms with E-state index in [4.69, 9.17) is 14.2 Å². The number of nitro groups is 1. The predicted octanol–water partition coefficient (Wildman–Crippen LogP) is 2.84. The monoisotopic (exact) mass is 562 g/mol. The second-order valence-corrected chi connectivity index (χ2v) is 9.31. The zero-order chi connectivity index (χ0) is 29.4. The number of nitrogens with zero attached hydrogens (tertiary/aromatic N) is 2. The molecule has 4 rings (SSSR count). The summed E-state index contributed by atoms with van der Waals surface area (Å²) < 4.78 is 16.2. The summed E-state index contributed by atoms with van der Waals surface area (Å²) in [6.45, 7) is 0.171. The van der Waals surface area contributed by atoms with Crippen molar-refractivity contribution in [1.82, 2.24) is 15.5 Å². The molecule has 3 amide bonds. The minimum atomic E-state index is -0.974. The van der Waals surface area contributed by atoms with E-state index in [2.05, 4.69) is 10.6 Å². The molecular weight excluding hydrogens is 532 g/mol. The lowest BCUT2D eigenvalue weighted by molar-refractivity contribution is -0.385. The molecule has 1 heterocycles. The summed E-state index contributed by atoms with van der Waals surface area (Å²) >= 11 is 0. The van der Waals surface area contributed by atoms with Crippen LogP contribution in [0.4, 0.5) is 5.69 Å². The summed E-state index contributed by atoms with van der Waals surface area (Å²) in [5.74, 6) is -0.837. The standard InChI is InChI=1S/C29H30N4O8/c1-39-12-11-30-28(35)24-15-19-5-3-8-23(13-19)41-26-16-21(9-10-25(26)33(37)38)29(36)32(18-27(34)31-24)17-20-6-4-7-22(14-20)40-2/h3-10,13-14,16,24H,11-12,15,17-18H2,1-2H3,(H,30,35)(H,31,34). The fourth-order valence-electron chi connectivity index (χ4n) is 4.37. The number of amides is 3. The normalized spacial score (nSPS) is 15.3. The maximum Gasteiger partial charge on any atom is 0.311 e. The Morgan fingerprint density at radius 1 is 1.12 bits per heavy atom. The molecule has 214 valence electrons. The zero-order valence-electron chi connectivity index (χ0n) is 22.6. The van der Waals surface area contributed by atoms with Crippen LogP contribution >= 0.6 is 0 Å². The highest BCUT2D eigenvalue weighted by atomic mass is 16.6. The van der Waals surface area contributed by atoms with Gasteiger partial charge in [0.2, 0.25) is 17.6 Å². The summed E-state index contributed by atoms with van der Waals surface area (Å²) in [4.78, 5) is 52.5. The Balaban J connectivity index is 1.76. The maximum atomic E-state index is 13.7. The molecule has 0 aromatic heterocycles. The molecule has 12 heteroatoms. The Morgan fingerprint density at radius 2 is 1.93 bits per heavy atom. The van der Waals surface area contributed by atoms with E-state index in [-0.39, 0.29) is 55.4 Å². The zero-order valence-corrected chi connectivity index (χ0v) is 22.6. The summed E-state index contributed by atoms with van der Waals surface area (Å²) in [5.41, 5.74) is 1.10. The van der Waals surface area contributed by atoms with Gasteiger partial charge in [0.25, 0.3) is 5.91 Å². The van der Waals surface area contributed by atoms with Crippen LogP contribution < -0.4 is 20.1 Å². The van der Waals surface area contributed by atoms with Gasteiger partial charge in [0.15, 0.2) is 0 Å². The number of ether oxygens (including phenoxy) is 3. The molecule has 1 aliphatic heterocycles. The Hall–Kier alpha value is -4.97. The number of hydrogen-bond donors (Lipinski definition) is 2. The van der Waals surface area contributed by atoms with Crippen molar-refractivity contribution in [3.63, 3.8) is 0 Å². The Bertz CT molecular complexity index is 1440. The number of benzene rings is 3. The first kappa shape index (κ1) is 29.0. The number of nitro benzene ring substituents is 1. The van der Waals surface area contributed by atoms with Crippen molar-refractivity contribution in [2.45, 2.75) is 19.0 Å². The van der Waals surface area contributed by atoms with Gasteiger partial charge in [-0.3, -0.25) is 24.5 Å². The minimum absolute atomic E-state index is 0.0282. The van der Waals surface area contributed by atoms with E-state index in [1.165, 1.54) is 37.3 Å². The number of hydrogen-bond acceptors (Lipinski definition) is 8. The van der Waals surface area contributed by atoms with Gasteiger partial charge < -0.3 is 29.7 Å². The van der Waals surface area contributed by atoms with Crippen LogP contribution in [0, 0.1) is 10.1 Å². The largest absolute Gasteiger partial charge is 0.497 e. The van der Waals surface area contributed by atoms with Crippen LogP contribution in [-0.2, 0) is 27.3 Å². The highest BCUT2D eigenvalue weighted by molar-refractivity contribution is 5.98. The van der Waals surface area contributed by atoms with Crippen molar-refractivity contribution < 1.29 is 33.5 Å². The number of fused-ring (bicyclic) bond motifs is 4. The molecule has 1 unspecified atom stereocenters. The summed E-state index contributed by atoms with van der Waals surface area (Å²) in [5, 5.41) is 17.2. The number of rotatable bonds is 8. The number of nitrogens with one attached hydrogen (secondary N) is 2. The average molecular weight is 563 g/mol. The predicted molar refractivity (Wildman–Crippen MR) is 148 cm³/mol. The highest BCUT2D eigenvalue weighted by Gasteiger charge is 2.27. The Morgan fingerprint density at radius 3 is 2.68 bits per heavy atom. The first-order chi connectivity index (χ1) is 19.8. The van der Waals surface area contributed by atoms with Crippen molar-refractivity contribution in [1.29, 1.82) is 0 Å². The smallest absolute Gasteiger partial charge is 0.311 e. The molecule has 2 N–H and O–H groups in total. The quantitative estimate of drug-likeness (QED) is 0.242. The van der Waals surface area contributed by atoms with E-state index in [9.17, 15) is 24.5 Å². The van der Waals surface area contributed by atoms with Gasteiger partial charge in [-0.1, -0.05) is 24.3 Å². The minimum Gasteiger partial charge on any atom is -0.497 e. The summed E-state index contributed by atoms with van der Waals surface area (Å²) in [6.07, 6.45) is 0.105. The SMILES string of the molecule is COCCNC(=O)C1Cc2cccc(c2)Oc2cc(ccc2[N+](=O)[O-])C(=O)N(Cc2cccc(OC)c2)CC(=O)N1. The molecule has 0 fully saturated rings. The summed E-state index contributed by atoms with van der Waals surface area (Å²) in [7, 11) is 3.03. The average Bonchev–Trinajstić information content (AvgIpc) is 2.96. The van der Waals surface area contributed by atoms with Crippen LogP contribution in [0.1, 0.15) is 21.5 Å². The van der Waals surface area contributed by atoms with E-state index >= 15 is 0 Å². The second-order valence-electron chi connectivity index (χ2n) is 9.31. The lowest BCUT2D eigenvalue weighted by Gasteiger charge is -2.25. The van der Waals surface area contributed by atoms with Gasteiger partial charge in [-0.25, -0.2) is 0 Å². The third kappa shape index (κ3) is 7.57. The molecular formula is C29H30N4O8. The van der Waals surface area contributed by atoms with Crippen LogP contribution in [0.25, 0.3) is 0 Å². The molecule has 3 aromatic carbocycles. The molecule has 41 heavy (non-hydrogen) atoms. The molecule has 3 aromatic rings. The van der Waals surface area contributed by atoms with E-state index in [1.54, 1.807) is 48.5 Å². The second kappa shape index (κ2) is 13.4. The molecule has 0 saturated carbocycles. The van der Waals surface area contributed by atoms with Gasteiger partial charge in [0.1, 0.15) is 24.1 Å². The van der Waals surface area contributed by atoms with Gasteiger partial charge in [-0.15, -0.1) is 0 Å². The highest BCUT2D eigenvalue weighted by Crippen LogP contribution is 2.33. The van der Waals surface area contributed by atoms with Crippen molar-refractivity contribution in [3.8, 4) is 17.2 Å². The van der Waals surface area contributed by atoms with Gasteiger partial charge in [0, 0.05) is 44.3 Å². The molecule has 12 nitrogen and oxygen atoms in total. The van der Waals surface area contributed by atoms with Crippen molar-refractivity contribution in [3.05, 3.63) is 93.5 Å². The van der Waals surface area contributed by atoms with E-state index in [0.29, 0.717) is 16.9 Å². The topological polar surface area (TPSA) is 149 Å². The van der Waals surface area contributed by atoms with Crippen LogP contribution in [-0.4, -0.2) is 67.5 Å². The fourth-order valence-corrected chi connectivity index (χ4v) is 4.37.